The fraction of sp³-hybridized carbons (Fsp3) is 0.471. The molecule has 2 N–H and O–H groups in total. The van der Waals surface area contributed by atoms with E-state index in [1.54, 1.807) is 6.07 Å². The highest BCUT2D eigenvalue weighted by molar-refractivity contribution is 6.05. The van der Waals surface area contributed by atoms with Crippen molar-refractivity contribution >= 4 is 17.7 Å². The molecule has 6 nitrogen and oxygen atoms in total. The Morgan fingerprint density at radius 3 is 2.67 bits per heavy atom. The normalized spacial score (nSPS) is 23.6. The van der Waals surface area contributed by atoms with Gasteiger partial charge in [0.05, 0.1) is 6.54 Å². The largest absolute Gasteiger partial charge is 0.322 e. The maximum Gasteiger partial charge on any atom is 0.255 e. The number of carbonyl (C=O) groups is 3. The molecule has 24 heavy (non-hydrogen) atoms. The molecule has 1 aromatic rings. The van der Waals surface area contributed by atoms with Crippen molar-refractivity contribution in [1.82, 2.24) is 15.5 Å². The van der Waals surface area contributed by atoms with Gasteiger partial charge in [-0.2, -0.15) is 0 Å². The molecule has 0 spiro atoms. The lowest BCUT2D eigenvalue weighted by atomic mass is 9.96. The summed E-state index contributed by atoms with van der Waals surface area (Å²) < 4.78 is 14.9. The number of amides is 3. The fourth-order valence-corrected chi connectivity index (χ4v) is 3.82. The third-order valence-corrected chi connectivity index (χ3v) is 5.09. The second-order valence-electron chi connectivity index (χ2n) is 6.50. The summed E-state index contributed by atoms with van der Waals surface area (Å²) in [6.45, 7) is 1.57. The molecule has 1 unspecified atom stereocenters. The van der Waals surface area contributed by atoms with Gasteiger partial charge in [-0.15, -0.1) is 0 Å². The first-order chi connectivity index (χ1) is 11.6. The Morgan fingerprint density at radius 2 is 1.88 bits per heavy atom. The van der Waals surface area contributed by atoms with E-state index in [1.165, 1.54) is 4.90 Å². The molecule has 3 amide bonds. The molecule has 3 heterocycles. The van der Waals surface area contributed by atoms with Gasteiger partial charge in [-0.25, -0.2) is 4.39 Å². The van der Waals surface area contributed by atoms with Gasteiger partial charge in [0.15, 0.2) is 0 Å². The van der Waals surface area contributed by atoms with E-state index < -0.39 is 11.9 Å². The molecule has 126 valence electrons. The third kappa shape index (κ3) is 2.31. The number of rotatable bonds is 1. The highest BCUT2D eigenvalue weighted by Crippen LogP contribution is 2.33. The fourth-order valence-electron chi connectivity index (χ4n) is 3.82. The summed E-state index contributed by atoms with van der Waals surface area (Å²) in [5, 5.41) is 5.49. The average molecular weight is 331 g/mol. The Hall–Kier alpha value is -2.28. The number of carbonyl (C=O) groups excluding carboxylic acids is 3. The van der Waals surface area contributed by atoms with Crippen LogP contribution in [-0.4, -0.2) is 41.8 Å². The van der Waals surface area contributed by atoms with Crippen molar-refractivity contribution in [2.75, 3.05) is 13.1 Å². The average Bonchev–Trinajstić information content (AvgIpc) is 2.73. The number of nitrogens with one attached hydrogen (secondary N) is 2. The van der Waals surface area contributed by atoms with E-state index in [-0.39, 0.29) is 37.0 Å². The minimum Gasteiger partial charge on any atom is -0.322 e. The van der Waals surface area contributed by atoms with Crippen LogP contribution in [0.2, 0.25) is 0 Å². The van der Waals surface area contributed by atoms with Crippen LogP contribution < -0.4 is 10.6 Å². The molecule has 0 radical (unpaired) electrons. The summed E-state index contributed by atoms with van der Waals surface area (Å²) in [7, 11) is 0. The van der Waals surface area contributed by atoms with Gasteiger partial charge in [0.2, 0.25) is 11.8 Å². The number of benzene rings is 1. The minimum absolute atomic E-state index is 0.0903. The maximum absolute atomic E-state index is 14.9. The van der Waals surface area contributed by atoms with Gasteiger partial charge in [-0.05, 0) is 49.5 Å². The van der Waals surface area contributed by atoms with Crippen molar-refractivity contribution < 1.29 is 18.8 Å². The molecule has 1 fully saturated rings. The SMILES string of the molecule is O=C1CCC(N2Cc3c(cc4c(c3F)CCNCC4)C2=O)C(=O)N1. The summed E-state index contributed by atoms with van der Waals surface area (Å²) >= 11 is 0. The van der Waals surface area contributed by atoms with E-state index in [1.807, 2.05) is 0 Å². The third-order valence-electron chi connectivity index (χ3n) is 5.09. The van der Waals surface area contributed by atoms with Crippen LogP contribution in [0.1, 0.15) is 39.9 Å². The van der Waals surface area contributed by atoms with Gasteiger partial charge in [0.1, 0.15) is 11.9 Å². The maximum atomic E-state index is 14.9. The Balaban J connectivity index is 1.69. The summed E-state index contributed by atoms with van der Waals surface area (Å²) in [6, 6.07) is 1.08. The predicted octanol–water partition coefficient (Wildman–Crippen LogP) is 0.275. The number of nitrogens with zero attached hydrogens (tertiary/aromatic N) is 1. The molecule has 0 bridgehead atoms. The Bertz CT molecular complexity index is 762. The second-order valence-corrected chi connectivity index (χ2v) is 6.50. The molecule has 0 aromatic heterocycles. The number of halogens is 1. The van der Waals surface area contributed by atoms with Gasteiger partial charge in [-0.3, -0.25) is 19.7 Å². The number of piperidine rings is 1. The lowest BCUT2D eigenvalue weighted by Crippen LogP contribution is -2.52. The Morgan fingerprint density at radius 1 is 1.08 bits per heavy atom. The number of imide groups is 1. The standard InChI is InChI=1S/C17H18FN3O3/c18-15-10-4-6-19-5-3-9(10)7-11-12(15)8-21(17(11)24)13-1-2-14(22)20-16(13)23/h7,13,19H,1-6,8H2,(H,20,22,23). The van der Waals surface area contributed by atoms with Gasteiger partial charge in [0.25, 0.3) is 5.91 Å². The molecule has 7 heteroatoms. The minimum atomic E-state index is -0.705. The zero-order valence-corrected chi connectivity index (χ0v) is 13.2. The zero-order valence-electron chi connectivity index (χ0n) is 13.2. The molecular weight excluding hydrogens is 313 g/mol. The van der Waals surface area contributed by atoms with Crippen LogP contribution >= 0.6 is 0 Å². The first kappa shape index (κ1) is 15.3. The van der Waals surface area contributed by atoms with E-state index in [9.17, 15) is 18.8 Å². The van der Waals surface area contributed by atoms with Crippen LogP contribution in [0.3, 0.4) is 0 Å². The van der Waals surface area contributed by atoms with E-state index >= 15 is 0 Å². The zero-order chi connectivity index (χ0) is 16.8. The Kier molecular flexibility index (Phi) is 3.60. The first-order valence-corrected chi connectivity index (χ1v) is 8.24. The van der Waals surface area contributed by atoms with E-state index in [4.69, 9.17) is 0 Å². The van der Waals surface area contributed by atoms with Crippen LogP contribution in [0.5, 0.6) is 0 Å². The molecule has 1 aromatic carbocycles. The van der Waals surface area contributed by atoms with Gasteiger partial charge >= 0.3 is 0 Å². The molecule has 0 saturated carbocycles. The lowest BCUT2D eigenvalue weighted by Gasteiger charge is -2.29. The summed E-state index contributed by atoms with van der Waals surface area (Å²) in [6.07, 6.45) is 1.77. The summed E-state index contributed by atoms with van der Waals surface area (Å²) in [5.74, 6) is -1.43. The number of hydrogen-bond donors (Lipinski definition) is 2. The van der Waals surface area contributed by atoms with E-state index in [0.717, 1.165) is 12.1 Å². The molecule has 1 atom stereocenters. The quantitative estimate of drug-likeness (QED) is 0.725. The number of fused-ring (bicyclic) bond motifs is 2. The van der Waals surface area contributed by atoms with Crippen molar-refractivity contribution in [2.45, 2.75) is 38.3 Å². The van der Waals surface area contributed by atoms with E-state index in [0.29, 0.717) is 36.1 Å². The highest BCUT2D eigenvalue weighted by Gasteiger charge is 2.41. The summed E-state index contributed by atoms with van der Waals surface area (Å²) in [4.78, 5) is 37.5. The van der Waals surface area contributed by atoms with Gasteiger partial charge < -0.3 is 10.2 Å². The van der Waals surface area contributed by atoms with Crippen molar-refractivity contribution in [1.29, 1.82) is 0 Å². The van der Waals surface area contributed by atoms with Crippen molar-refractivity contribution in [3.63, 3.8) is 0 Å². The van der Waals surface area contributed by atoms with Crippen molar-refractivity contribution in [3.05, 3.63) is 34.1 Å². The van der Waals surface area contributed by atoms with Crippen LogP contribution in [0.25, 0.3) is 0 Å². The second kappa shape index (κ2) is 5.66. The lowest BCUT2D eigenvalue weighted by molar-refractivity contribution is -0.136. The smallest absolute Gasteiger partial charge is 0.255 e. The molecule has 1 saturated heterocycles. The van der Waals surface area contributed by atoms with Crippen LogP contribution in [-0.2, 0) is 29.0 Å². The van der Waals surface area contributed by atoms with Gasteiger partial charge in [-0.1, -0.05) is 0 Å². The molecular formula is C17H18FN3O3. The molecule has 0 aliphatic carbocycles. The predicted molar refractivity (Wildman–Crippen MR) is 82.7 cm³/mol. The summed E-state index contributed by atoms with van der Waals surface area (Å²) in [5.41, 5.74) is 2.29. The van der Waals surface area contributed by atoms with Crippen LogP contribution in [0.4, 0.5) is 4.39 Å². The molecule has 3 aliphatic rings. The highest BCUT2D eigenvalue weighted by atomic mass is 19.1. The van der Waals surface area contributed by atoms with Crippen LogP contribution in [0.15, 0.2) is 6.07 Å². The molecule has 3 aliphatic heterocycles. The van der Waals surface area contributed by atoms with Crippen molar-refractivity contribution in [3.8, 4) is 0 Å². The Labute approximate surface area is 138 Å². The first-order valence-electron chi connectivity index (χ1n) is 8.24. The van der Waals surface area contributed by atoms with Crippen LogP contribution in [0, 0.1) is 5.82 Å². The monoisotopic (exact) mass is 331 g/mol. The van der Waals surface area contributed by atoms with Crippen molar-refractivity contribution in [2.24, 2.45) is 0 Å². The topological polar surface area (TPSA) is 78.5 Å². The number of hydrogen-bond acceptors (Lipinski definition) is 4. The van der Waals surface area contributed by atoms with E-state index in [2.05, 4.69) is 10.6 Å². The molecule has 4 rings (SSSR count). The van der Waals surface area contributed by atoms with Gasteiger partial charge in [0, 0.05) is 17.5 Å².